The number of fused-ring (bicyclic) bond motifs is 1. The number of hydrogen-bond donors (Lipinski definition) is 1. The summed E-state index contributed by atoms with van der Waals surface area (Å²) in [5, 5.41) is 9.13. The summed E-state index contributed by atoms with van der Waals surface area (Å²) in [5.74, 6) is 0. The van der Waals surface area contributed by atoms with Crippen LogP contribution in [0.15, 0.2) is 34.9 Å². The van der Waals surface area contributed by atoms with Crippen molar-refractivity contribution in [2.75, 3.05) is 5.32 Å². The first kappa shape index (κ1) is 12.8. The minimum Gasteiger partial charge on any atom is -0.464 e. The molecule has 4 heteroatoms. The monoisotopic (exact) mass is 269 g/mol. The van der Waals surface area contributed by atoms with Crippen LogP contribution in [0.1, 0.15) is 23.9 Å². The van der Waals surface area contributed by atoms with Crippen LogP contribution in [-0.4, -0.2) is 9.78 Å². The molecule has 0 fully saturated rings. The average molecular weight is 269 g/mol. The molecule has 3 aromatic rings. The summed E-state index contributed by atoms with van der Waals surface area (Å²) in [6.45, 7) is 8.01. The van der Waals surface area contributed by atoms with Crippen molar-refractivity contribution in [2.45, 2.75) is 33.9 Å². The third-order valence-electron chi connectivity index (χ3n) is 3.75. The van der Waals surface area contributed by atoms with Crippen LogP contribution in [0.25, 0.3) is 11.0 Å². The second kappa shape index (κ2) is 5.04. The normalized spacial score (nSPS) is 11.2. The molecule has 2 aromatic heterocycles. The van der Waals surface area contributed by atoms with Gasteiger partial charge in [0.25, 0.3) is 0 Å². The molecule has 0 unspecified atom stereocenters. The van der Waals surface area contributed by atoms with Gasteiger partial charge >= 0.3 is 0 Å². The molecule has 20 heavy (non-hydrogen) atoms. The van der Waals surface area contributed by atoms with Crippen molar-refractivity contribution in [3.05, 3.63) is 47.5 Å². The van der Waals surface area contributed by atoms with Crippen molar-refractivity contribution in [1.82, 2.24) is 9.78 Å². The number of aromatic nitrogens is 2. The topological polar surface area (TPSA) is 43.0 Å². The first-order valence-corrected chi connectivity index (χ1v) is 6.93. The van der Waals surface area contributed by atoms with E-state index in [2.05, 4.69) is 37.3 Å². The van der Waals surface area contributed by atoms with Crippen LogP contribution < -0.4 is 5.32 Å². The molecule has 0 amide bonds. The van der Waals surface area contributed by atoms with Crippen LogP contribution in [0.2, 0.25) is 0 Å². The lowest BCUT2D eigenvalue weighted by Crippen LogP contribution is -2.03. The van der Waals surface area contributed by atoms with E-state index in [1.54, 1.807) is 6.26 Å². The second-order valence-corrected chi connectivity index (χ2v) is 4.99. The highest BCUT2D eigenvalue weighted by Crippen LogP contribution is 2.21. The number of aryl methyl sites for hydroxylation is 2. The van der Waals surface area contributed by atoms with Crippen LogP contribution in [-0.2, 0) is 13.1 Å². The summed E-state index contributed by atoms with van der Waals surface area (Å²) in [5.41, 5.74) is 5.63. The molecule has 1 N–H and O–H groups in total. The number of anilines is 1. The lowest BCUT2D eigenvalue weighted by atomic mass is 10.2. The molecule has 1 aromatic carbocycles. The van der Waals surface area contributed by atoms with E-state index in [0.29, 0.717) is 0 Å². The number of benzene rings is 1. The smallest absolute Gasteiger partial charge is 0.133 e. The fourth-order valence-corrected chi connectivity index (χ4v) is 2.56. The molecule has 0 atom stereocenters. The van der Waals surface area contributed by atoms with Gasteiger partial charge in [-0.2, -0.15) is 5.10 Å². The lowest BCUT2D eigenvalue weighted by Gasteiger charge is -2.07. The number of nitrogens with zero attached hydrogens (tertiary/aromatic N) is 2. The molecule has 104 valence electrons. The van der Waals surface area contributed by atoms with Crippen LogP contribution in [0.4, 0.5) is 5.69 Å². The molecular formula is C16H19N3O. The van der Waals surface area contributed by atoms with Crippen molar-refractivity contribution in [3.8, 4) is 0 Å². The predicted octanol–water partition coefficient (Wildman–Crippen LogP) is 3.88. The van der Waals surface area contributed by atoms with E-state index >= 15 is 0 Å². The van der Waals surface area contributed by atoms with Crippen LogP contribution in [0.3, 0.4) is 0 Å². The predicted molar refractivity (Wildman–Crippen MR) is 80.9 cm³/mol. The van der Waals surface area contributed by atoms with Gasteiger partial charge in [-0.05, 0) is 45.0 Å². The molecule has 0 radical (unpaired) electrons. The number of furan rings is 1. The molecule has 0 saturated carbocycles. The zero-order valence-corrected chi connectivity index (χ0v) is 12.1. The zero-order chi connectivity index (χ0) is 14.1. The van der Waals surface area contributed by atoms with Gasteiger partial charge in [-0.25, -0.2) is 0 Å². The van der Waals surface area contributed by atoms with Gasteiger partial charge in [0.2, 0.25) is 0 Å². The Kier molecular flexibility index (Phi) is 3.22. The minimum atomic E-state index is 0.793. The van der Waals surface area contributed by atoms with E-state index in [1.807, 2.05) is 22.9 Å². The Balaban J connectivity index is 1.80. The zero-order valence-electron chi connectivity index (χ0n) is 12.1. The number of rotatable bonds is 4. The summed E-state index contributed by atoms with van der Waals surface area (Å²) in [7, 11) is 0. The Morgan fingerprint density at radius 2 is 2.10 bits per heavy atom. The Morgan fingerprint density at radius 1 is 1.25 bits per heavy atom. The highest BCUT2D eigenvalue weighted by Gasteiger charge is 2.10. The molecule has 4 nitrogen and oxygen atoms in total. The number of nitrogens with one attached hydrogen (secondary N) is 1. The van der Waals surface area contributed by atoms with Crippen molar-refractivity contribution in [3.63, 3.8) is 0 Å². The van der Waals surface area contributed by atoms with Gasteiger partial charge in [0.1, 0.15) is 5.58 Å². The molecule has 0 bridgehead atoms. The molecule has 2 heterocycles. The van der Waals surface area contributed by atoms with Crippen LogP contribution in [0.5, 0.6) is 0 Å². The molecule has 0 spiro atoms. The third-order valence-corrected chi connectivity index (χ3v) is 3.75. The molecular weight excluding hydrogens is 250 g/mol. The summed E-state index contributed by atoms with van der Waals surface area (Å²) in [4.78, 5) is 0. The van der Waals surface area contributed by atoms with Gasteiger partial charge in [-0.1, -0.05) is 0 Å². The Hall–Kier alpha value is -2.23. The summed E-state index contributed by atoms with van der Waals surface area (Å²) < 4.78 is 7.40. The SMILES string of the molecule is CCn1nc(C)c(CNc2ccc3occc3c2)c1C. The Bertz CT molecular complexity index is 739. The minimum absolute atomic E-state index is 0.793. The Labute approximate surface area is 118 Å². The van der Waals surface area contributed by atoms with Crippen molar-refractivity contribution >= 4 is 16.7 Å². The van der Waals surface area contributed by atoms with E-state index < -0.39 is 0 Å². The van der Waals surface area contributed by atoms with Gasteiger partial charge in [0, 0.05) is 35.4 Å². The van der Waals surface area contributed by atoms with Gasteiger partial charge in [-0.3, -0.25) is 4.68 Å². The first-order chi connectivity index (χ1) is 9.69. The van der Waals surface area contributed by atoms with Crippen LogP contribution >= 0.6 is 0 Å². The molecule has 3 rings (SSSR count). The fourth-order valence-electron chi connectivity index (χ4n) is 2.56. The first-order valence-electron chi connectivity index (χ1n) is 6.93. The van der Waals surface area contributed by atoms with E-state index in [1.165, 1.54) is 11.3 Å². The van der Waals surface area contributed by atoms with Crippen molar-refractivity contribution < 1.29 is 4.42 Å². The van der Waals surface area contributed by atoms with Crippen molar-refractivity contribution in [2.24, 2.45) is 0 Å². The van der Waals surface area contributed by atoms with Crippen molar-refractivity contribution in [1.29, 1.82) is 0 Å². The van der Waals surface area contributed by atoms with E-state index in [-0.39, 0.29) is 0 Å². The van der Waals surface area contributed by atoms with Crippen LogP contribution in [0, 0.1) is 13.8 Å². The van der Waals surface area contributed by atoms with E-state index in [9.17, 15) is 0 Å². The quantitative estimate of drug-likeness (QED) is 0.781. The molecule has 0 aliphatic heterocycles. The van der Waals surface area contributed by atoms with Gasteiger partial charge in [0.05, 0.1) is 12.0 Å². The molecule has 0 aliphatic rings. The second-order valence-electron chi connectivity index (χ2n) is 4.99. The summed E-state index contributed by atoms with van der Waals surface area (Å²) >= 11 is 0. The van der Waals surface area contributed by atoms with Gasteiger partial charge in [-0.15, -0.1) is 0 Å². The highest BCUT2D eigenvalue weighted by atomic mass is 16.3. The summed E-state index contributed by atoms with van der Waals surface area (Å²) in [6, 6.07) is 8.12. The fraction of sp³-hybridized carbons (Fsp3) is 0.312. The van der Waals surface area contributed by atoms with E-state index in [0.717, 1.165) is 35.4 Å². The number of hydrogen-bond acceptors (Lipinski definition) is 3. The third kappa shape index (κ3) is 2.18. The summed E-state index contributed by atoms with van der Waals surface area (Å²) in [6.07, 6.45) is 1.72. The Morgan fingerprint density at radius 3 is 2.85 bits per heavy atom. The molecule has 0 saturated heterocycles. The highest BCUT2D eigenvalue weighted by molar-refractivity contribution is 5.81. The maximum Gasteiger partial charge on any atom is 0.133 e. The van der Waals surface area contributed by atoms with E-state index in [4.69, 9.17) is 4.42 Å². The van der Waals surface area contributed by atoms with Gasteiger partial charge < -0.3 is 9.73 Å². The lowest BCUT2D eigenvalue weighted by molar-refractivity contribution is 0.616. The van der Waals surface area contributed by atoms with Gasteiger partial charge in [0.15, 0.2) is 0 Å². The maximum atomic E-state index is 5.35. The molecule has 0 aliphatic carbocycles. The maximum absolute atomic E-state index is 5.35. The average Bonchev–Trinajstić information content (AvgIpc) is 3.01. The standard InChI is InChI=1S/C16H19N3O/c1-4-19-12(3)15(11(2)18-19)10-17-14-5-6-16-13(9-14)7-8-20-16/h5-9,17H,4,10H2,1-3H3. The largest absolute Gasteiger partial charge is 0.464 e.